The molecule has 0 N–H and O–H groups in total. The summed E-state index contributed by atoms with van der Waals surface area (Å²) in [5, 5.41) is 0. The van der Waals surface area contributed by atoms with Gasteiger partial charge >= 0.3 is 0 Å². The first-order valence-corrected chi connectivity index (χ1v) is 8.02. The predicted octanol–water partition coefficient (Wildman–Crippen LogP) is 3.66. The summed E-state index contributed by atoms with van der Waals surface area (Å²) in [5.41, 5.74) is 1.24. The highest BCUT2D eigenvalue weighted by Crippen LogP contribution is 2.20. The van der Waals surface area contributed by atoms with E-state index in [1.807, 2.05) is 17.0 Å². The molecule has 1 aromatic rings. The van der Waals surface area contributed by atoms with Gasteiger partial charge in [0.25, 0.3) is 0 Å². The van der Waals surface area contributed by atoms with Crippen LogP contribution in [0.25, 0.3) is 0 Å². The van der Waals surface area contributed by atoms with Gasteiger partial charge in [0, 0.05) is 25.4 Å². The van der Waals surface area contributed by atoms with E-state index in [2.05, 4.69) is 32.9 Å². The lowest BCUT2D eigenvalue weighted by molar-refractivity contribution is -0.134. The molecular weight excluding hydrogens is 262 g/mol. The lowest BCUT2D eigenvalue weighted by atomic mass is 9.98. The van der Waals surface area contributed by atoms with Gasteiger partial charge < -0.3 is 9.64 Å². The molecule has 1 heterocycles. The summed E-state index contributed by atoms with van der Waals surface area (Å²) >= 11 is 0. The largest absolute Gasteiger partial charge is 0.493 e. The van der Waals surface area contributed by atoms with Crippen LogP contribution < -0.4 is 4.74 Å². The molecule has 1 amide bonds. The second kappa shape index (κ2) is 7.48. The summed E-state index contributed by atoms with van der Waals surface area (Å²) < 4.78 is 5.87. The van der Waals surface area contributed by atoms with Crippen molar-refractivity contribution in [1.82, 2.24) is 4.90 Å². The number of benzene rings is 1. The van der Waals surface area contributed by atoms with E-state index in [1.165, 1.54) is 5.56 Å². The Morgan fingerprint density at radius 1 is 1.33 bits per heavy atom. The fourth-order valence-electron chi connectivity index (χ4n) is 2.75. The average molecular weight is 289 g/mol. The van der Waals surface area contributed by atoms with Crippen LogP contribution in [0.4, 0.5) is 0 Å². The van der Waals surface area contributed by atoms with E-state index in [-0.39, 0.29) is 0 Å². The number of carbonyl (C=O) groups is 1. The first-order chi connectivity index (χ1) is 10.0. The predicted molar refractivity (Wildman–Crippen MR) is 85.4 cm³/mol. The van der Waals surface area contributed by atoms with Crippen LogP contribution in [0, 0.1) is 18.8 Å². The third-order valence-corrected chi connectivity index (χ3v) is 3.96. The summed E-state index contributed by atoms with van der Waals surface area (Å²) in [6, 6.07) is 8.16. The SMILES string of the molecule is Cc1ccc(OCC2CCCN(C(=O)CC(C)C)C2)cc1. The van der Waals surface area contributed by atoms with E-state index >= 15 is 0 Å². The molecule has 3 heteroatoms. The van der Waals surface area contributed by atoms with Crippen molar-refractivity contribution in [2.75, 3.05) is 19.7 Å². The molecule has 1 saturated heterocycles. The third-order valence-electron chi connectivity index (χ3n) is 3.96. The zero-order valence-corrected chi connectivity index (χ0v) is 13.5. The summed E-state index contributed by atoms with van der Waals surface area (Å²) in [4.78, 5) is 14.2. The summed E-state index contributed by atoms with van der Waals surface area (Å²) in [6.07, 6.45) is 2.90. The Bertz CT molecular complexity index is 453. The first-order valence-electron chi connectivity index (χ1n) is 8.02. The van der Waals surface area contributed by atoms with Gasteiger partial charge in [-0.05, 0) is 37.8 Å². The highest BCUT2D eigenvalue weighted by atomic mass is 16.5. The van der Waals surface area contributed by atoms with Crippen molar-refractivity contribution in [3.05, 3.63) is 29.8 Å². The van der Waals surface area contributed by atoms with Crippen molar-refractivity contribution in [3.8, 4) is 5.75 Å². The molecule has 1 aromatic carbocycles. The Hall–Kier alpha value is -1.51. The number of likely N-dealkylation sites (tertiary alicyclic amines) is 1. The van der Waals surface area contributed by atoms with Crippen LogP contribution in [0.5, 0.6) is 5.75 Å². The van der Waals surface area contributed by atoms with Crippen LogP contribution in [0.2, 0.25) is 0 Å². The zero-order valence-electron chi connectivity index (χ0n) is 13.5. The third kappa shape index (κ3) is 5.07. The number of carbonyl (C=O) groups excluding carboxylic acids is 1. The minimum absolute atomic E-state index is 0.296. The van der Waals surface area contributed by atoms with Crippen molar-refractivity contribution < 1.29 is 9.53 Å². The highest BCUT2D eigenvalue weighted by molar-refractivity contribution is 5.76. The van der Waals surface area contributed by atoms with Gasteiger partial charge in [-0.1, -0.05) is 31.5 Å². The molecule has 0 spiro atoms. The fourth-order valence-corrected chi connectivity index (χ4v) is 2.75. The van der Waals surface area contributed by atoms with Crippen molar-refractivity contribution in [1.29, 1.82) is 0 Å². The van der Waals surface area contributed by atoms with Crippen molar-refractivity contribution in [2.24, 2.45) is 11.8 Å². The van der Waals surface area contributed by atoms with E-state index in [1.54, 1.807) is 0 Å². The number of piperidine rings is 1. The van der Waals surface area contributed by atoms with Gasteiger partial charge in [-0.15, -0.1) is 0 Å². The van der Waals surface area contributed by atoms with E-state index in [9.17, 15) is 4.79 Å². The van der Waals surface area contributed by atoms with Crippen LogP contribution >= 0.6 is 0 Å². The van der Waals surface area contributed by atoms with Gasteiger partial charge in [-0.3, -0.25) is 4.79 Å². The number of aryl methyl sites for hydroxylation is 1. The molecule has 1 aliphatic rings. The fraction of sp³-hybridized carbons (Fsp3) is 0.611. The minimum Gasteiger partial charge on any atom is -0.493 e. The van der Waals surface area contributed by atoms with Gasteiger partial charge in [-0.2, -0.15) is 0 Å². The molecular formula is C18H27NO2. The molecule has 21 heavy (non-hydrogen) atoms. The monoisotopic (exact) mass is 289 g/mol. The molecule has 0 radical (unpaired) electrons. The van der Waals surface area contributed by atoms with Gasteiger partial charge in [0.2, 0.25) is 5.91 Å². The smallest absolute Gasteiger partial charge is 0.222 e. The van der Waals surface area contributed by atoms with E-state index in [4.69, 9.17) is 4.74 Å². The van der Waals surface area contributed by atoms with E-state index in [0.717, 1.165) is 31.7 Å². The van der Waals surface area contributed by atoms with Crippen molar-refractivity contribution >= 4 is 5.91 Å². The Labute approximate surface area is 128 Å². The second-order valence-corrected chi connectivity index (χ2v) is 6.57. The van der Waals surface area contributed by atoms with Crippen LogP contribution in [-0.2, 0) is 4.79 Å². The molecule has 0 bridgehead atoms. The Morgan fingerprint density at radius 3 is 2.71 bits per heavy atom. The topological polar surface area (TPSA) is 29.5 Å². The van der Waals surface area contributed by atoms with Crippen LogP contribution in [0.1, 0.15) is 38.7 Å². The molecule has 1 atom stereocenters. The van der Waals surface area contributed by atoms with Gasteiger partial charge in [-0.25, -0.2) is 0 Å². The van der Waals surface area contributed by atoms with E-state index in [0.29, 0.717) is 30.8 Å². The second-order valence-electron chi connectivity index (χ2n) is 6.57. The van der Waals surface area contributed by atoms with Crippen LogP contribution in [0.15, 0.2) is 24.3 Å². The summed E-state index contributed by atoms with van der Waals surface area (Å²) in [5.74, 6) is 2.11. The number of nitrogens with zero attached hydrogens (tertiary/aromatic N) is 1. The molecule has 1 aliphatic heterocycles. The lowest BCUT2D eigenvalue weighted by Crippen LogP contribution is -2.41. The average Bonchev–Trinajstić information content (AvgIpc) is 2.46. The molecule has 2 rings (SSSR count). The standard InChI is InChI=1S/C18H27NO2/c1-14(2)11-18(20)19-10-4-5-16(12-19)13-21-17-8-6-15(3)7-9-17/h6-9,14,16H,4-5,10-13H2,1-3H3. The zero-order chi connectivity index (χ0) is 15.2. The quantitative estimate of drug-likeness (QED) is 0.828. The number of hydrogen-bond acceptors (Lipinski definition) is 2. The normalized spacial score (nSPS) is 18.9. The van der Waals surface area contributed by atoms with Crippen molar-refractivity contribution in [3.63, 3.8) is 0 Å². The van der Waals surface area contributed by atoms with Crippen LogP contribution in [0.3, 0.4) is 0 Å². The Balaban J connectivity index is 1.81. The maximum atomic E-state index is 12.2. The number of ether oxygens (including phenoxy) is 1. The van der Waals surface area contributed by atoms with Crippen LogP contribution in [-0.4, -0.2) is 30.5 Å². The molecule has 0 aliphatic carbocycles. The Morgan fingerprint density at radius 2 is 2.05 bits per heavy atom. The van der Waals surface area contributed by atoms with Gasteiger partial charge in [0.1, 0.15) is 5.75 Å². The molecule has 116 valence electrons. The van der Waals surface area contributed by atoms with Gasteiger partial charge in [0.15, 0.2) is 0 Å². The molecule has 0 aromatic heterocycles. The summed E-state index contributed by atoms with van der Waals surface area (Å²) in [7, 11) is 0. The maximum Gasteiger partial charge on any atom is 0.222 e. The number of rotatable bonds is 5. The molecule has 1 unspecified atom stereocenters. The first kappa shape index (κ1) is 15.9. The van der Waals surface area contributed by atoms with Gasteiger partial charge in [0.05, 0.1) is 6.61 Å². The maximum absolute atomic E-state index is 12.2. The molecule has 0 saturated carbocycles. The van der Waals surface area contributed by atoms with Crippen molar-refractivity contribution in [2.45, 2.75) is 40.0 Å². The lowest BCUT2D eigenvalue weighted by Gasteiger charge is -2.33. The minimum atomic E-state index is 0.296. The Kier molecular flexibility index (Phi) is 5.66. The molecule has 3 nitrogen and oxygen atoms in total. The highest BCUT2D eigenvalue weighted by Gasteiger charge is 2.24. The van der Waals surface area contributed by atoms with E-state index < -0.39 is 0 Å². The summed E-state index contributed by atoms with van der Waals surface area (Å²) in [6.45, 7) is 8.72. The number of hydrogen-bond donors (Lipinski definition) is 0. The number of amides is 1. The molecule has 1 fully saturated rings.